The van der Waals surface area contributed by atoms with Crippen LogP contribution in [0.1, 0.15) is 96.6 Å². The van der Waals surface area contributed by atoms with E-state index in [0.717, 1.165) is 30.5 Å². The first kappa shape index (κ1) is 24.4. The van der Waals surface area contributed by atoms with Crippen LogP contribution in [0, 0.1) is 23.2 Å². The van der Waals surface area contributed by atoms with Crippen LogP contribution in [-0.2, 0) is 10.8 Å². The van der Waals surface area contributed by atoms with E-state index in [4.69, 9.17) is 5.41 Å². The summed E-state index contributed by atoms with van der Waals surface area (Å²) in [5, 5.41) is 19.6. The van der Waals surface area contributed by atoms with Crippen molar-refractivity contribution in [3.63, 3.8) is 0 Å². The SMILES string of the molecule is CCC[C@H]1CN(CC(=O)c2cc(C(C)(C)C)c(O)c(C(C)(C)C)c2)C(=N)[C@@H]1C(C)C. The number of ketones is 1. The number of phenolic OH excluding ortho intramolecular Hbond substituents is 1. The van der Waals surface area contributed by atoms with Gasteiger partial charge in [-0.1, -0.05) is 68.7 Å². The number of hydrogen-bond acceptors (Lipinski definition) is 3. The largest absolute Gasteiger partial charge is 0.507 e. The molecule has 4 heteroatoms. The van der Waals surface area contributed by atoms with Gasteiger partial charge in [-0.25, -0.2) is 0 Å². The lowest BCUT2D eigenvalue weighted by Crippen LogP contribution is -2.33. The monoisotopic (exact) mass is 414 g/mol. The number of rotatable bonds is 6. The summed E-state index contributed by atoms with van der Waals surface area (Å²) in [6, 6.07) is 3.71. The molecule has 0 aliphatic carbocycles. The highest BCUT2D eigenvalue weighted by Gasteiger charge is 2.39. The zero-order valence-electron chi connectivity index (χ0n) is 20.5. The number of hydrogen-bond donors (Lipinski definition) is 2. The van der Waals surface area contributed by atoms with Crippen LogP contribution in [-0.4, -0.2) is 34.7 Å². The Bertz CT molecular complexity index is 761. The standard InChI is InChI=1S/C26H42N2O2/c1-10-11-17-14-28(24(27)22(17)16(2)3)15-21(29)18-12-19(25(4,5)6)23(30)20(13-18)26(7,8)9/h12-13,16-17,22,27,30H,10-11,14-15H2,1-9H3/t17-,22+/m0/s1. The maximum Gasteiger partial charge on any atom is 0.182 e. The van der Waals surface area contributed by atoms with Gasteiger partial charge in [0.15, 0.2) is 5.78 Å². The van der Waals surface area contributed by atoms with Crippen molar-refractivity contribution < 1.29 is 9.90 Å². The van der Waals surface area contributed by atoms with E-state index in [-0.39, 0.29) is 29.1 Å². The molecule has 0 amide bonds. The number of carbonyl (C=O) groups is 1. The van der Waals surface area contributed by atoms with E-state index in [9.17, 15) is 9.90 Å². The van der Waals surface area contributed by atoms with Crippen LogP contribution in [0.15, 0.2) is 12.1 Å². The minimum Gasteiger partial charge on any atom is -0.507 e. The predicted molar refractivity (Wildman–Crippen MR) is 126 cm³/mol. The van der Waals surface area contributed by atoms with Crippen LogP contribution < -0.4 is 0 Å². The highest BCUT2D eigenvalue weighted by molar-refractivity contribution is 6.01. The smallest absolute Gasteiger partial charge is 0.182 e. The van der Waals surface area contributed by atoms with Crippen molar-refractivity contribution >= 4 is 11.6 Å². The molecule has 1 aromatic rings. The van der Waals surface area contributed by atoms with Crippen LogP contribution in [0.3, 0.4) is 0 Å². The van der Waals surface area contributed by atoms with Crippen LogP contribution in [0.4, 0.5) is 0 Å². The minimum atomic E-state index is -0.268. The first-order valence-corrected chi connectivity index (χ1v) is 11.4. The average molecular weight is 415 g/mol. The molecule has 0 spiro atoms. The molecule has 1 fully saturated rings. The fraction of sp³-hybridized carbons (Fsp3) is 0.692. The lowest BCUT2D eigenvalue weighted by Gasteiger charge is -2.28. The van der Waals surface area contributed by atoms with Gasteiger partial charge in [-0.05, 0) is 41.2 Å². The Morgan fingerprint density at radius 1 is 1.13 bits per heavy atom. The van der Waals surface area contributed by atoms with Gasteiger partial charge in [-0.2, -0.15) is 0 Å². The van der Waals surface area contributed by atoms with Gasteiger partial charge in [0.1, 0.15) is 5.75 Å². The quantitative estimate of drug-likeness (QED) is 0.549. The lowest BCUT2D eigenvalue weighted by molar-refractivity contribution is 0.0963. The second-order valence-corrected chi connectivity index (χ2v) is 11.4. The Kier molecular flexibility index (Phi) is 7.10. The molecule has 2 N–H and O–H groups in total. The van der Waals surface area contributed by atoms with E-state index in [0.29, 0.717) is 29.0 Å². The van der Waals surface area contributed by atoms with Crippen LogP contribution in [0.2, 0.25) is 0 Å². The van der Waals surface area contributed by atoms with Gasteiger partial charge in [0, 0.05) is 29.2 Å². The van der Waals surface area contributed by atoms with Crippen molar-refractivity contribution in [2.75, 3.05) is 13.1 Å². The molecule has 0 saturated carbocycles. The zero-order valence-corrected chi connectivity index (χ0v) is 20.5. The molecular weight excluding hydrogens is 372 g/mol. The zero-order chi connectivity index (χ0) is 23.0. The van der Waals surface area contributed by atoms with Crippen LogP contribution in [0.25, 0.3) is 0 Å². The first-order chi connectivity index (χ1) is 13.7. The third-order valence-corrected chi connectivity index (χ3v) is 6.38. The van der Waals surface area contributed by atoms with Crippen molar-refractivity contribution in [2.24, 2.45) is 17.8 Å². The Morgan fingerprint density at radius 3 is 2.03 bits per heavy atom. The fourth-order valence-corrected chi connectivity index (χ4v) is 4.78. The van der Waals surface area contributed by atoms with E-state index in [1.54, 1.807) is 0 Å². The Balaban J connectivity index is 2.38. The van der Waals surface area contributed by atoms with Crippen molar-refractivity contribution in [1.29, 1.82) is 5.41 Å². The molecule has 1 aliphatic heterocycles. The Hall–Kier alpha value is -1.84. The molecule has 30 heavy (non-hydrogen) atoms. The Morgan fingerprint density at radius 2 is 1.63 bits per heavy atom. The molecule has 4 nitrogen and oxygen atoms in total. The van der Waals surface area contributed by atoms with Crippen molar-refractivity contribution in [1.82, 2.24) is 4.90 Å². The molecule has 0 unspecified atom stereocenters. The average Bonchev–Trinajstić information content (AvgIpc) is 2.88. The molecule has 1 heterocycles. The second kappa shape index (κ2) is 8.72. The summed E-state index contributed by atoms with van der Waals surface area (Å²) in [5.74, 6) is 2.02. The van der Waals surface area contributed by atoms with Gasteiger partial charge in [0.05, 0.1) is 12.4 Å². The molecule has 0 aromatic heterocycles. The summed E-state index contributed by atoms with van der Waals surface area (Å²) >= 11 is 0. The molecular formula is C26H42N2O2. The minimum absolute atomic E-state index is 0.0235. The van der Waals surface area contributed by atoms with Gasteiger partial charge in [-0.3, -0.25) is 10.2 Å². The van der Waals surface area contributed by atoms with E-state index >= 15 is 0 Å². The van der Waals surface area contributed by atoms with Gasteiger partial charge in [0.25, 0.3) is 0 Å². The topological polar surface area (TPSA) is 64.4 Å². The second-order valence-electron chi connectivity index (χ2n) is 11.4. The Labute approximate surface area is 183 Å². The third-order valence-electron chi connectivity index (χ3n) is 6.38. The fourth-order valence-electron chi connectivity index (χ4n) is 4.78. The summed E-state index contributed by atoms with van der Waals surface area (Å²) in [4.78, 5) is 15.3. The number of carbonyl (C=O) groups excluding carboxylic acids is 1. The van der Waals surface area contributed by atoms with Crippen LogP contribution >= 0.6 is 0 Å². The van der Waals surface area contributed by atoms with E-state index in [1.165, 1.54) is 0 Å². The molecule has 1 saturated heterocycles. The summed E-state index contributed by atoms with van der Waals surface area (Å²) in [5.41, 5.74) is 1.71. The van der Waals surface area contributed by atoms with E-state index in [2.05, 4.69) is 62.3 Å². The maximum absolute atomic E-state index is 13.3. The highest BCUT2D eigenvalue weighted by atomic mass is 16.3. The molecule has 2 atom stereocenters. The first-order valence-electron chi connectivity index (χ1n) is 11.4. The number of benzene rings is 1. The summed E-state index contributed by atoms with van der Waals surface area (Å²) in [6.07, 6.45) is 2.20. The van der Waals surface area contributed by atoms with Gasteiger partial charge in [0.2, 0.25) is 0 Å². The predicted octanol–water partition coefficient (Wildman–Crippen LogP) is 6.15. The summed E-state index contributed by atoms with van der Waals surface area (Å²) < 4.78 is 0. The normalized spacial score (nSPS) is 20.3. The summed E-state index contributed by atoms with van der Waals surface area (Å²) in [7, 11) is 0. The molecule has 168 valence electrons. The number of amidine groups is 1. The van der Waals surface area contributed by atoms with Gasteiger partial charge < -0.3 is 10.0 Å². The van der Waals surface area contributed by atoms with Crippen molar-refractivity contribution in [2.45, 2.75) is 86.0 Å². The third kappa shape index (κ3) is 5.07. The molecule has 0 bridgehead atoms. The van der Waals surface area contributed by atoms with Gasteiger partial charge in [-0.15, -0.1) is 0 Å². The molecule has 1 aliphatic rings. The summed E-state index contributed by atoms with van der Waals surface area (Å²) in [6.45, 7) is 19.9. The number of phenols is 1. The number of likely N-dealkylation sites (tertiary alicyclic amines) is 1. The number of nitrogens with one attached hydrogen (secondary N) is 1. The molecule has 0 radical (unpaired) electrons. The van der Waals surface area contributed by atoms with E-state index in [1.807, 2.05) is 17.0 Å². The molecule has 1 aromatic carbocycles. The van der Waals surface area contributed by atoms with Gasteiger partial charge >= 0.3 is 0 Å². The maximum atomic E-state index is 13.3. The number of aromatic hydroxyl groups is 1. The van der Waals surface area contributed by atoms with Crippen molar-refractivity contribution in [3.05, 3.63) is 28.8 Å². The van der Waals surface area contributed by atoms with Crippen molar-refractivity contribution in [3.8, 4) is 5.75 Å². The highest BCUT2D eigenvalue weighted by Crippen LogP contribution is 2.40. The number of Topliss-reactive ketones (excluding diaryl/α,β-unsaturated/α-hetero) is 1. The lowest BCUT2D eigenvalue weighted by atomic mass is 9.78. The van der Waals surface area contributed by atoms with Crippen LogP contribution in [0.5, 0.6) is 5.75 Å². The number of nitrogens with zero attached hydrogens (tertiary/aromatic N) is 1. The molecule has 2 rings (SSSR count). The van der Waals surface area contributed by atoms with E-state index < -0.39 is 0 Å².